The third kappa shape index (κ3) is 45.0. The van der Waals surface area contributed by atoms with E-state index in [0.717, 1.165) is 19.3 Å². The molecule has 0 radical (unpaired) electrons. The standard InChI is InChI=1S/C13H31NO5Si.C10H22NO5Si.4CH4.3Na/c1-6-12(2)14-10-13(15)11-19-8-7-9-20(16-3,17-4)18-5;1-3-9(2)11-7-10(12)8-16-5-4-6-17(13,14)15;;;;;;;/h12-15H,6-11H2,1-5H3;9-12H,3-8H2,1-2H3;4*1H4;;;/q;-3;;;;;3*+1. The van der Waals surface area contributed by atoms with Crippen molar-refractivity contribution in [2.75, 3.05) is 60.8 Å². The van der Waals surface area contributed by atoms with Crippen LogP contribution in [0.5, 0.6) is 0 Å². The van der Waals surface area contributed by atoms with Crippen molar-refractivity contribution in [2.45, 2.75) is 119 Å². The van der Waals surface area contributed by atoms with Crippen LogP contribution in [0.2, 0.25) is 12.1 Å². The largest absolute Gasteiger partial charge is 1.00 e. The molecule has 0 aromatic rings. The van der Waals surface area contributed by atoms with E-state index in [1.807, 2.05) is 13.8 Å². The summed E-state index contributed by atoms with van der Waals surface area (Å²) in [6, 6.07) is 1.10. The first-order valence-corrected chi connectivity index (χ1v) is 17.0. The minimum atomic E-state index is -4.67. The van der Waals surface area contributed by atoms with Crippen LogP contribution in [0.15, 0.2) is 0 Å². The summed E-state index contributed by atoms with van der Waals surface area (Å²) in [6.07, 6.45) is 1.92. The number of hydrogen-bond acceptors (Lipinski definition) is 12. The van der Waals surface area contributed by atoms with Gasteiger partial charge in [-0.1, -0.05) is 43.6 Å². The maximum Gasteiger partial charge on any atom is 1.00 e. The SMILES string of the molecule is C.C.C.C.CCC(C)NCC(O)COCCC[Si](OC)(OC)OC.CCC(C)NCC(O)COCCC[Si]([O-])([O-])[O-].[Na+].[Na+].[Na+]. The Morgan fingerprint density at radius 1 is 0.636 bits per heavy atom. The van der Waals surface area contributed by atoms with Gasteiger partial charge in [0.05, 0.1) is 25.4 Å². The van der Waals surface area contributed by atoms with Crippen molar-refractivity contribution in [2.24, 2.45) is 0 Å². The van der Waals surface area contributed by atoms with Crippen molar-refractivity contribution in [1.29, 1.82) is 0 Å². The average molecular weight is 707 g/mol. The fourth-order valence-electron chi connectivity index (χ4n) is 2.86. The smallest absolute Gasteiger partial charge is 0.881 e. The molecule has 0 aliphatic heterocycles. The molecule has 17 heteroatoms. The molecule has 0 aliphatic carbocycles. The molecule has 0 fully saturated rings. The third-order valence-electron chi connectivity index (χ3n) is 5.73. The normalized spacial score (nSPS) is 13.1. The molecule has 12 nitrogen and oxygen atoms in total. The fraction of sp³-hybridized carbons (Fsp3) is 1.00. The minimum absolute atomic E-state index is 0. The second-order valence-corrected chi connectivity index (χ2v) is 14.0. The van der Waals surface area contributed by atoms with Crippen LogP contribution in [0.1, 0.15) is 83.1 Å². The monoisotopic (exact) mass is 706 g/mol. The molecule has 0 heterocycles. The summed E-state index contributed by atoms with van der Waals surface area (Å²) in [5.41, 5.74) is 0. The molecular weight excluding hydrogens is 637 g/mol. The summed E-state index contributed by atoms with van der Waals surface area (Å²) in [5.74, 6) is 0. The Kier molecular flexibility index (Phi) is 68.8. The molecule has 0 saturated carbocycles. The zero-order chi connectivity index (χ0) is 28.7. The Bertz CT molecular complexity index is 513. The molecule has 0 rings (SSSR count). The number of nitrogens with one attached hydrogen (secondary N) is 2. The van der Waals surface area contributed by atoms with Crippen LogP contribution in [-0.2, 0) is 22.8 Å². The molecule has 258 valence electrons. The zero-order valence-electron chi connectivity index (χ0n) is 27.0. The maximum absolute atomic E-state index is 10.3. The first-order valence-electron chi connectivity index (χ1n) is 13.1. The van der Waals surface area contributed by atoms with E-state index in [1.165, 1.54) is 0 Å². The molecule has 44 heavy (non-hydrogen) atoms. The maximum atomic E-state index is 10.3. The van der Waals surface area contributed by atoms with E-state index < -0.39 is 29.8 Å². The van der Waals surface area contributed by atoms with Gasteiger partial charge >= 0.3 is 97.5 Å². The third-order valence-corrected chi connectivity index (χ3v) is 9.52. The summed E-state index contributed by atoms with van der Waals surface area (Å²) in [4.78, 5) is 31.0. The molecule has 4 atom stereocenters. The van der Waals surface area contributed by atoms with Gasteiger partial charge < -0.3 is 58.0 Å². The van der Waals surface area contributed by atoms with Gasteiger partial charge in [-0.2, -0.15) is 0 Å². The summed E-state index contributed by atoms with van der Waals surface area (Å²) < 4.78 is 26.5. The zero-order valence-corrected chi connectivity index (χ0v) is 35.0. The van der Waals surface area contributed by atoms with Crippen molar-refractivity contribution in [3.8, 4) is 0 Å². The van der Waals surface area contributed by atoms with Gasteiger partial charge in [0.2, 0.25) is 0 Å². The Labute approximate surface area is 341 Å². The summed E-state index contributed by atoms with van der Waals surface area (Å²) in [7, 11) is -2.35. The van der Waals surface area contributed by atoms with Gasteiger partial charge in [0.15, 0.2) is 0 Å². The van der Waals surface area contributed by atoms with Crippen LogP contribution >= 0.6 is 0 Å². The molecule has 0 bridgehead atoms. The summed E-state index contributed by atoms with van der Waals surface area (Å²) in [6.45, 7) is 10.5. The predicted octanol–water partition coefficient (Wildman–Crippen LogP) is -8.26. The first-order chi connectivity index (χ1) is 17.4. The van der Waals surface area contributed by atoms with Crippen molar-refractivity contribution in [1.82, 2.24) is 10.6 Å². The van der Waals surface area contributed by atoms with Crippen molar-refractivity contribution >= 4 is 17.6 Å². The van der Waals surface area contributed by atoms with Crippen LogP contribution in [0.3, 0.4) is 0 Å². The van der Waals surface area contributed by atoms with E-state index in [4.69, 9.17) is 22.8 Å². The van der Waals surface area contributed by atoms with Crippen LogP contribution in [0.4, 0.5) is 0 Å². The van der Waals surface area contributed by atoms with Gasteiger partial charge in [-0.25, -0.2) is 0 Å². The molecule has 4 unspecified atom stereocenters. The molecule has 0 spiro atoms. The van der Waals surface area contributed by atoms with Crippen molar-refractivity contribution < 1.29 is 136 Å². The van der Waals surface area contributed by atoms with Gasteiger partial charge in [0.25, 0.3) is 0 Å². The predicted molar refractivity (Wildman–Crippen MR) is 167 cm³/mol. The fourth-order valence-corrected chi connectivity index (χ4v) is 5.12. The van der Waals surface area contributed by atoms with E-state index >= 15 is 0 Å². The molecule has 0 amide bonds. The molecule has 4 N–H and O–H groups in total. The van der Waals surface area contributed by atoms with Gasteiger partial charge in [-0.15, -0.1) is 6.04 Å². The van der Waals surface area contributed by atoms with E-state index in [0.29, 0.717) is 44.4 Å². The Balaban J connectivity index is -0.0000000692. The number of aliphatic hydroxyl groups excluding tert-OH is 2. The van der Waals surface area contributed by atoms with E-state index in [9.17, 15) is 24.6 Å². The number of aliphatic hydroxyl groups is 2. The Morgan fingerprint density at radius 2 is 0.955 bits per heavy atom. The van der Waals surface area contributed by atoms with Crippen molar-refractivity contribution in [3.63, 3.8) is 0 Å². The molecular formula is C27H69N2Na3O10Si2. The molecule has 0 aromatic heterocycles. The second kappa shape index (κ2) is 44.0. The Morgan fingerprint density at radius 3 is 1.23 bits per heavy atom. The summed E-state index contributed by atoms with van der Waals surface area (Å²) >= 11 is 0. The van der Waals surface area contributed by atoms with Crippen LogP contribution < -0.4 is 114 Å². The molecule has 0 aliphatic rings. The Hall–Kier alpha value is 2.95. The van der Waals surface area contributed by atoms with Gasteiger partial charge in [0, 0.05) is 65.8 Å². The number of ether oxygens (including phenoxy) is 2. The second-order valence-electron chi connectivity index (χ2n) is 9.08. The minimum Gasteiger partial charge on any atom is -0.881 e. The van der Waals surface area contributed by atoms with Crippen LogP contribution in [-0.4, -0.2) is 113 Å². The first kappa shape index (κ1) is 68.8. The number of rotatable bonds is 23. The molecule has 0 aromatic carbocycles. The van der Waals surface area contributed by atoms with E-state index in [1.54, 1.807) is 21.3 Å². The quantitative estimate of drug-likeness (QED) is 0.0584. The van der Waals surface area contributed by atoms with Gasteiger partial charge in [-0.05, 0) is 39.5 Å². The van der Waals surface area contributed by atoms with Gasteiger partial charge in [-0.3, -0.25) is 8.80 Å². The topological polar surface area (TPSA) is 180 Å². The van der Waals surface area contributed by atoms with E-state index in [-0.39, 0.29) is 144 Å². The number of hydrogen-bond donors (Lipinski definition) is 4. The van der Waals surface area contributed by atoms with Crippen molar-refractivity contribution in [3.05, 3.63) is 0 Å². The summed E-state index contributed by atoms with van der Waals surface area (Å²) in [5, 5.41) is 25.6. The van der Waals surface area contributed by atoms with Gasteiger partial charge in [0.1, 0.15) is 0 Å². The van der Waals surface area contributed by atoms with Crippen LogP contribution in [0, 0.1) is 0 Å². The molecule has 0 saturated heterocycles. The average Bonchev–Trinajstić information content (AvgIpc) is 2.87. The van der Waals surface area contributed by atoms with Crippen LogP contribution in [0.25, 0.3) is 0 Å². The van der Waals surface area contributed by atoms with E-state index in [2.05, 4.69) is 24.5 Å².